The number of nitrogens with two attached hydrogens (primary N) is 1. The van der Waals surface area contributed by atoms with E-state index < -0.39 is 11.7 Å². The Bertz CT molecular complexity index is 528. The van der Waals surface area contributed by atoms with Crippen molar-refractivity contribution in [1.82, 2.24) is 0 Å². The summed E-state index contributed by atoms with van der Waals surface area (Å²) in [6, 6.07) is 5.50. The molecule has 1 saturated carbocycles. The van der Waals surface area contributed by atoms with E-state index in [4.69, 9.17) is 22.1 Å². The maximum atomic E-state index is 11.8. The molecule has 0 unspecified atom stereocenters. The van der Waals surface area contributed by atoms with Crippen LogP contribution in [-0.4, -0.2) is 18.2 Å². The molecule has 1 aromatic carbocycles. The highest BCUT2D eigenvalue weighted by Gasteiger charge is 2.39. The van der Waals surface area contributed by atoms with Crippen LogP contribution in [0.3, 0.4) is 0 Å². The minimum Gasteiger partial charge on any atom is -0.444 e. The maximum Gasteiger partial charge on any atom is 0.412 e. The Morgan fingerprint density at radius 1 is 1.43 bits per heavy atom. The highest BCUT2D eigenvalue weighted by Crippen LogP contribution is 2.46. The summed E-state index contributed by atoms with van der Waals surface area (Å²) in [6.45, 7) is 6.07. The number of hydrogen-bond donors (Lipinski definition) is 2. The molecule has 0 aromatic heterocycles. The summed E-state index contributed by atoms with van der Waals surface area (Å²) in [6.07, 6.45) is 2.78. The molecule has 0 heterocycles. The fraction of sp³-hybridized carbons (Fsp3) is 0.562. The van der Waals surface area contributed by atoms with Gasteiger partial charge in [-0.05, 0) is 57.4 Å². The molecule has 1 amide bonds. The van der Waals surface area contributed by atoms with E-state index in [1.807, 2.05) is 26.8 Å². The molecule has 1 aromatic rings. The molecule has 0 bridgehead atoms. The lowest BCUT2D eigenvalue weighted by Crippen LogP contribution is -2.41. The zero-order valence-electron chi connectivity index (χ0n) is 12.8. The Morgan fingerprint density at radius 3 is 2.57 bits per heavy atom. The predicted molar refractivity (Wildman–Crippen MR) is 85.9 cm³/mol. The van der Waals surface area contributed by atoms with Gasteiger partial charge in [0.25, 0.3) is 0 Å². The number of anilines is 1. The Labute approximate surface area is 131 Å². The number of ether oxygens (including phenoxy) is 1. The fourth-order valence-electron chi connectivity index (χ4n) is 2.62. The van der Waals surface area contributed by atoms with Crippen LogP contribution < -0.4 is 11.1 Å². The molecule has 116 valence electrons. The molecule has 1 aliphatic carbocycles. The minimum absolute atomic E-state index is 0.0390. The first-order valence-electron chi connectivity index (χ1n) is 7.26. The van der Waals surface area contributed by atoms with E-state index in [9.17, 15) is 4.79 Å². The van der Waals surface area contributed by atoms with Crippen molar-refractivity contribution in [3.05, 3.63) is 28.8 Å². The average molecular weight is 311 g/mol. The van der Waals surface area contributed by atoms with Gasteiger partial charge in [-0.2, -0.15) is 0 Å². The number of amides is 1. The van der Waals surface area contributed by atoms with Gasteiger partial charge in [-0.1, -0.05) is 18.0 Å². The lowest BCUT2D eigenvalue weighted by atomic mass is 9.64. The first-order valence-corrected chi connectivity index (χ1v) is 7.64. The molecule has 21 heavy (non-hydrogen) atoms. The standard InChI is InChI=1S/C16H23ClN2O2/c1-15(2,3)21-14(20)19-11-5-6-13(17)12(9-11)16(10-18)7-4-8-16/h5-6,9H,4,7-8,10,18H2,1-3H3,(H,19,20). The number of rotatable bonds is 3. The summed E-state index contributed by atoms with van der Waals surface area (Å²) in [5.74, 6) is 0. The summed E-state index contributed by atoms with van der Waals surface area (Å²) < 4.78 is 5.26. The largest absolute Gasteiger partial charge is 0.444 e. The fourth-order valence-corrected chi connectivity index (χ4v) is 2.94. The molecule has 0 radical (unpaired) electrons. The van der Waals surface area contributed by atoms with E-state index in [1.165, 1.54) is 0 Å². The van der Waals surface area contributed by atoms with Gasteiger partial charge in [0.15, 0.2) is 0 Å². The summed E-state index contributed by atoms with van der Waals surface area (Å²) >= 11 is 6.32. The highest BCUT2D eigenvalue weighted by molar-refractivity contribution is 6.31. The van der Waals surface area contributed by atoms with Crippen molar-refractivity contribution >= 4 is 23.4 Å². The van der Waals surface area contributed by atoms with Crippen LogP contribution in [0, 0.1) is 0 Å². The number of nitrogens with one attached hydrogen (secondary N) is 1. The minimum atomic E-state index is -0.522. The van der Waals surface area contributed by atoms with E-state index >= 15 is 0 Å². The molecule has 4 nitrogen and oxygen atoms in total. The van der Waals surface area contributed by atoms with Gasteiger partial charge in [0.05, 0.1) is 0 Å². The normalized spacial score (nSPS) is 17.0. The summed E-state index contributed by atoms with van der Waals surface area (Å²) in [5, 5.41) is 3.45. The van der Waals surface area contributed by atoms with Crippen molar-refractivity contribution in [1.29, 1.82) is 0 Å². The third-order valence-corrected chi connectivity index (χ3v) is 4.21. The molecule has 0 aliphatic heterocycles. The van der Waals surface area contributed by atoms with Crippen LogP contribution in [0.5, 0.6) is 0 Å². The lowest BCUT2D eigenvalue weighted by Gasteiger charge is -2.42. The maximum absolute atomic E-state index is 11.8. The Balaban J connectivity index is 2.17. The third kappa shape index (κ3) is 3.69. The second-order valence-electron chi connectivity index (χ2n) is 6.66. The van der Waals surface area contributed by atoms with Gasteiger partial charge < -0.3 is 10.5 Å². The van der Waals surface area contributed by atoms with Gasteiger partial charge in [-0.15, -0.1) is 0 Å². The topological polar surface area (TPSA) is 64.3 Å². The molecule has 0 spiro atoms. The Hall–Kier alpha value is -1.26. The van der Waals surface area contributed by atoms with Crippen LogP contribution in [0.4, 0.5) is 10.5 Å². The third-order valence-electron chi connectivity index (χ3n) is 3.88. The van der Waals surface area contributed by atoms with Crippen LogP contribution in [-0.2, 0) is 10.2 Å². The zero-order chi connectivity index (χ0) is 15.7. The first-order chi connectivity index (χ1) is 9.76. The second kappa shape index (κ2) is 5.85. The monoisotopic (exact) mass is 310 g/mol. The van der Waals surface area contributed by atoms with Crippen LogP contribution in [0.15, 0.2) is 18.2 Å². The van der Waals surface area contributed by atoms with Crippen LogP contribution >= 0.6 is 11.6 Å². The highest BCUT2D eigenvalue weighted by atomic mass is 35.5. The number of carbonyl (C=O) groups is 1. The molecule has 1 aliphatic rings. The van der Waals surface area contributed by atoms with Crippen molar-refractivity contribution in [3.8, 4) is 0 Å². The molecule has 5 heteroatoms. The van der Waals surface area contributed by atoms with E-state index in [-0.39, 0.29) is 5.41 Å². The summed E-state index contributed by atoms with van der Waals surface area (Å²) in [7, 11) is 0. The van der Waals surface area contributed by atoms with Crippen LogP contribution in [0.2, 0.25) is 5.02 Å². The predicted octanol–water partition coefficient (Wildman–Crippen LogP) is 4.07. The number of benzene rings is 1. The first kappa shape index (κ1) is 16.1. The SMILES string of the molecule is CC(C)(C)OC(=O)Nc1ccc(Cl)c(C2(CN)CCC2)c1. The summed E-state index contributed by atoms with van der Waals surface area (Å²) in [4.78, 5) is 11.8. The zero-order valence-corrected chi connectivity index (χ0v) is 13.6. The van der Waals surface area contributed by atoms with Gasteiger partial charge in [-0.25, -0.2) is 4.79 Å². The van der Waals surface area contributed by atoms with Gasteiger partial charge >= 0.3 is 6.09 Å². The summed E-state index contributed by atoms with van der Waals surface area (Å²) in [5.41, 5.74) is 7.08. The van der Waals surface area contributed by atoms with Crippen molar-refractivity contribution < 1.29 is 9.53 Å². The number of carbonyl (C=O) groups excluding carboxylic acids is 1. The second-order valence-corrected chi connectivity index (χ2v) is 7.07. The molecule has 1 fully saturated rings. The molecular weight excluding hydrogens is 288 g/mol. The van der Waals surface area contributed by atoms with E-state index in [0.717, 1.165) is 24.8 Å². The van der Waals surface area contributed by atoms with Crippen LogP contribution in [0.1, 0.15) is 45.6 Å². The smallest absolute Gasteiger partial charge is 0.412 e. The van der Waals surface area contributed by atoms with Crippen molar-refractivity contribution in [2.24, 2.45) is 5.73 Å². The molecule has 2 rings (SSSR count). The number of hydrogen-bond acceptors (Lipinski definition) is 3. The van der Waals surface area contributed by atoms with Crippen molar-refractivity contribution in [2.75, 3.05) is 11.9 Å². The van der Waals surface area contributed by atoms with Gasteiger partial charge in [0, 0.05) is 22.7 Å². The van der Waals surface area contributed by atoms with Gasteiger partial charge in [0.1, 0.15) is 5.60 Å². The Morgan fingerprint density at radius 2 is 2.10 bits per heavy atom. The molecular formula is C16H23ClN2O2. The van der Waals surface area contributed by atoms with Crippen LogP contribution in [0.25, 0.3) is 0 Å². The Kier molecular flexibility index (Phi) is 4.49. The lowest BCUT2D eigenvalue weighted by molar-refractivity contribution is 0.0636. The van der Waals surface area contributed by atoms with Crippen molar-refractivity contribution in [2.45, 2.75) is 51.0 Å². The molecule has 0 saturated heterocycles. The molecule has 0 atom stereocenters. The number of halogens is 1. The van der Waals surface area contributed by atoms with Crippen molar-refractivity contribution in [3.63, 3.8) is 0 Å². The average Bonchev–Trinajstić information content (AvgIpc) is 2.30. The molecule has 3 N–H and O–H groups in total. The van der Waals surface area contributed by atoms with Gasteiger partial charge in [0.2, 0.25) is 0 Å². The van der Waals surface area contributed by atoms with E-state index in [1.54, 1.807) is 12.1 Å². The van der Waals surface area contributed by atoms with E-state index in [0.29, 0.717) is 17.3 Å². The van der Waals surface area contributed by atoms with Gasteiger partial charge in [-0.3, -0.25) is 5.32 Å². The quantitative estimate of drug-likeness (QED) is 0.884. The van der Waals surface area contributed by atoms with E-state index in [2.05, 4.69) is 5.32 Å².